The van der Waals surface area contributed by atoms with E-state index in [0.29, 0.717) is 16.9 Å². The molecule has 112 valence electrons. The fourth-order valence-corrected chi connectivity index (χ4v) is 2.99. The summed E-state index contributed by atoms with van der Waals surface area (Å²) in [5, 5.41) is 0. The molecule has 0 aromatic heterocycles. The summed E-state index contributed by atoms with van der Waals surface area (Å²) in [7, 11) is 1.50. The summed E-state index contributed by atoms with van der Waals surface area (Å²) < 4.78 is 42.3. The molecule has 0 saturated carbocycles. The van der Waals surface area contributed by atoms with E-state index in [1.165, 1.54) is 24.3 Å². The number of aryl methyl sites for hydroxylation is 1. The second-order valence-corrected chi connectivity index (χ2v) is 7.87. The number of hydrogen-bond donors (Lipinski definition) is 0. The van der Waals surface area contributed by atoms with E-state index in [9.17, 15) is 12.8 Å². The Balaban J connectivity index is 2.19. The molecular formula is C14H11BrClFO3S. The first-order chi connectivity index (χ1) is 9.77. The highest BCUT2D eigenvalue weighted by Crippen LogP contribution is 2.25. The van der Waals surface area contributed by atoms with Crippen molar-refractivity contribution in [3.63, 3.8) is 0 Å². The number of hydrogen-bond acceptors (Lipinski definition) is 3. The zero-order valence-corrected chi connectivity index (χ0v) is 14.1. The number of halogens is 3. The van der Waals surface area contributed by atoms with Gasteiger partial charge in [-0.15, -0.1) is 0 Å². The third kappa shape index (κ3) is 4.18. The Kier molecular flexibility index (Phi) is 4.91. The molecule has 0 fully saturated rings. The minimum absolute atomic E-state index is 0.00246. The van der Waals surface area contributed by atoms with Gasteiger partial charge >= 0.3 is 0 Å². The van der Waals surface area contributed by atoms with Crippen molar-refractivity contribution < 1.29 is 17.5 Å². The van der Waals surface area contributed by atoms with Crippen molar-refractivity contribution in [3.05, 3.63) is 57.8 Å². The molecule has 2 rings (SSSR count). The van der Waals surface area contributed by atoms with Gasteiger partial charge in [-0.25, -0.2) is 12.8 Å². The Morgan fingerprint density at radius 3 is 2.57 bits per heavy atom. The van der Waals surface area contributed by atoms with Gasteiger partial charge in [0.2, 0.25) is 0 Å². The van der Waals surface area contributed by atoms with Gasteiger partial charge in [0.1, 0.15) is 18.2 Å². The lowest BCUT2D eigenvalue weighted by Gasteiger charge is -2.11. The van der Waals surface area contributed by atoms with Crippen molar-refractivity contribution in [1.29, 1.82) is 0 Å². The molecule has 2 aromatic rings. The van der Waals surface area contributed by atoms with Crippen LogP contribution in [-0.4, -0.2) is 8.42 Å². The van der Waals surface area contributed by atoms with Crippen LogP contribution in [0.4, 0.5) is 4.39 Å². The molecule has 7 heteroatoms. The second-order valence-electron chi connectivity index (χ2n) is 4.39. The van der Waals surface area contributed by atoms with Gasteiger partial charge in [0.05, 0.1) is 4.90 Å². The highest BCUT2D eigenvalue weighted by Gasteiger charge is 2.12. The number of benzene rings is 2. The fraction of sp³-hybridized carbons (Fsp3) is 0.143. The van der Waals surface area contributed by atoms with Crippen molar-refractivity contribution in [2.45, 2.75) is 18.4 Å². The molecule has 0 atom stereocenters. The van der Waals surface area contributed by atoms with Crippen LogP contribution in [0.1, 0.15) is 11.1 Å². The van der Waals surface area contributed by atoms with Crippen LogP contribution in [0.3, 0.4) is 0 Å². The molecule has 21 heavy (non-hydrogen) atoms. The van der Waals surface area contributed by atoms with Gasteiger partial charge in [0, 0.05) is 20.7 Å². The quantitative estimate of drug-likeness (QED) is 0.723. The van der Waals surface area contributed by atoms with Gasteiger partial charge in [-0.3, -0.25) is 0 Å². The summed E-state index contributed by atoms with van der Waals surface area (Å²) in [6, 6.07) is 8.84. The Bertz CT molecular complexity index is 778. The molecule has 0 saturated heterocycles. The van der Waals surface area contributed by atoms with E-state index in [4.69, 9.17) is 15.4 Å². The second kappa shape index (κ2) is 6.34. The van der Waals surface area contributed by atoms with Gasteiger partial charge in [-0.2, -0.15) is 0 Å². The zero-order chi connectivity index (χ0) is 15.6. The minimum Gasteiger partial charge on any atom is -0.489 e. The average Bonchev–Trinajstić information content (AvgIpc) is 2.40. The van der Waals surface area contributed by atoms with E-state index < -0.39 is 9.05 Å². The van der Waals surface area contributed by atoms with Crippen molar-refractivity contribution in [3.8, 4) is 5.75 Å². The van der Waals surface area contributed by atoms with E-state index in [0.717, 1.165) is 4.47 Å². The van der Waals surface area contributed by atoms with Gasteiger partial charge in [0.15, 0.2) is 0 Å². The Morgan fingerprint density at radius 2 is 1.95 bits per heavy atom. The zero-order valence-electron chi connectivity index (χ0n) is 10.9. The summed E-state index contributed by atoms with van der Waals surface area (Å²) in [5.41, 5.74) is 1.00. The van der Waals surface area contributed by atoms with Crippen LogP contribution in [0.5, 0.6) is 5.75 Å². The van der Waals surface area contributed by atoms with Crippen molar-refractivity contribution in [1.82, 2.24) is 0 Å². The first-order valence-corrected chi connectivity index (χ1v) is 8.99. The molecule has 0 aliphatic carbocycles. The molecule has 0 bridgehead atoms. The molecule has 0 aliphatic heterocycles. The standard InChI is InChI=1S/C14H11BrClFO3S/c1-9-6-12(21(16,18)19)3-5-14(9)20-8-10-7-11(15)2-4-13(10)17/h2-7H,8H2,1H3. The molecule has 0 radical (unpaired) electrons. The van der Waals surface area contributed by atoms with Crippen LogP contribution >= 0.6 is 26.6 Å². The first-order valence-electron chi connectivity index (χ1n) is 5.89. The van der Waals surface area contributed by atoms with E-state index in [-0.39, 0.29) is 17.3 Å². The van der Waals surface area contributed by atoms with E-state index in [2.05, 4.69) is 15.9 Å². The van der Waals surface area contributed by atoms with E-state index in [1.807, 2.05) is 0 Å². The van der Waals surface area contributed by atoms with Crippen molar-refractivity contribution >= 4 is 35.7 Å². The molecule has 0 spiro atoms. The van der Waals surface area contributed by atoms with Crippen molar-refractivity contribution in [2.24, 2.45) is 0 Å². The van der Waals surface area contributed by atoms with Crippen LogP contribution in [0.15, 0.2) is 45.8 Å². The van der Waals surface area contributed by atoms with Gasteiger partial charge in [-0.05, 0) is 48.9 Å². The predicted octanol–water partition coefficient (Wildman–Crippen LogP) is 4.40. The highest BCUT2D eigenvalue weighted by atomic mass is 79.9. The lowest BCUT2D eigenvalue weighted by molar-refractivity contribution is 0.297. The molecule has 3 nitrogen and oxygen atoms in total. The van der Waals surface area contributed by atoms with Gasteiger partial charge in [0.25, 0.3) is 9.05 Å². The van der Waals surface area contributed by atoms with Crippen LogP contribution in [0.2, 0.25) is 0 Å². The van der Waals surface area contributed by atoms with E-state index in [1.54, 1.807) is 19.1 Å². The largest absolute Gasteiger partial charge is 0.489 e. The Hall–Kier alpha value is -1.11. The van der Waals surface area contributed by atoms with Crippen LogP contribution in [0, 0.1) is 12.7 Å². The maximum Gasteiger partial charge on any atom is 0.261 e. The molecule has 2 aromatic carbocycles. The van der Waals surface area contributed by atoms with Crippen LogP contribution in [-0.2, 0) is 15.7 Å². The Morgan fingerprint density at radius 1 is 1.24 bits per heavy atom. The molecule has 0 amide bonds. The SMILES string of the molecule is Cc1cc(S(=O)(=O)Cl)ccc1OCc1cc(Br)ccc1F. The topological polar surface area (TPSA) is 43.4 Å². The fourth-order valence-electron chi connectivity index (χ4n) is 1.74. The lowest BCUT2D eigenvalue weighted by atomic mass is 10.2. The third-order valence-electron chi connectivity index (χ3n) is 2.82. The van der Waals surface area contributed by atoms with Crippen molar-refractivity contribution in [2.75, 3.05) is 0 Å². The first kappa shape index (κ1) is 16.3. The summed E-state index contributed by atoms with van der Waals surface area (Å²) in [6.07, 6.45) is 0. The average molecular weight is 394 g/mol. The van der Waals surface area contributed by atoms with E-state index >= 15 is 0 Å². The third-order valence-corrected chi connectivity index (χ3v) is 4.66. The smallest absolute Gasteiger partial charge is 0.261 e. The summed E-state index contributed by atoms with van der Waals surface area (Å²) in [4.78, 5) is 0.00246. The van der Waals surface area contributed by atoms with Gasteiger partial charge in [-0.1, -0.05) is 15.9 Å². The summed E-state index contributed by atoms with van der Waals surface area (Å²) in [6.45, 7) is 1.73. The molecule has 0 N–H and O–H groups in total. The lowest BCUT2D eigenvalue weighted by Crippen LogP contribution is -2.01. The van der Waals surface area contributed by atoms with Crippen LogP contribution < -0.4 is 4.74 Å². The summed E-state index contributed by atoms with van der Waals surface area (Å²) in [5.74, 6) is 0.106. The van der Waals surface area contributed by atoms with Crippen LogP contribution in [0.25, 0.3) is 0 Å². The van der Waals surface area contributed by atoms with Gasteiger partial charge < -0.3 is 4.74 Å². The number of ether oxygens (including phenoxy) is 1. The predicted molar refractivity (Wildman–Crippen MR) is 82.6 cm³/mol. The molecule has 0 unspecified atom stereocenters. The minimum atomic E-state index is -3.77. The summed E-state index contributed by atoms with van der Waals surface area (Å²) >= 11 is 3.26. The molecular weight excluding hydrogens is 383 g/mol. The Labute approximate surface area is 135 Å². The monoisotopic (exact) mass is 392 g/mol. The molecule has 0 aliphatic rings. The maximum atomic E-state index is 13.6. The normalized spacial score (nSPS) is 11.4. The number of rotatable bonds is 4. The maximum absolute atomic E-state index is 13.6. The molecule has 0 heterocycles. The highest BCUT2D eigenvalue weighted by molar-refractivity contribution is 9.10.